The summed E-state index contributed by atoms with van der Waals surface area (Å²) in [5.41, 5.74) is 3.68. The standard InChI is InChI=1S/C22H23N3O2S2/c1-13-7-8-18-16(9-13)11-19(29-18)21-23-24-22(27-21)28-12-20(26)25-14(2)10-15-5-3-4-6-17(15)25/h3-6,11,13-14H,7-10,12H2,1-2H3/t13-,14+/m0/s1. The number of para-hydroxylation sites is 1. The maximum atomic E-state index is 12.8. The van der Waals surface area contributed by atoms with Crippen LogP contribution in [0.25, 0.3) is 10.8 Å². The number of carbonyl (C=O) groups excluding carboxylic acids is 1. The van der Waals surface area contributed by atoms with Crippen molar-refractivity contribution in [3.63, 3.8) is 0 Å². The Labute approximate surface area is 178 Å². The van der Waals surface area contributed by atoms with E-state index in [0.29, 0.717) is 16.9 Å². The number of hydrogen-bond donors (Lipinski definition) is 0. The second-order valence-electron chi connectivity index (χ2n) is 8.01. The van der Waals surface area contributed by atoms with Crippen molar-refractivity contribution in [3.8, 4) is 10.8 Å². The molecule has 0 saturated heterocycles. The van der Waals surface area contributed by atoms with E-state index >= 15 is 0 Å². The van der Waals surface area contributed by atoms with E-state index < -0.39 is 0 Å². The van der Waals surface area contributed by atoms with Crippen LogP contribution in [-0.4, -0.2) is 27.9 Å². The van der Waals surface area contributed by atoms with Crippen molar-refractivity contribution >= 4 is 34.7 Å². The lowest BCUT2D eigenvalue weighted by atomic mass is 9.90. The van der Waals surface area contributed by atoms with Crippen LogP contribution in [0.3, 0.4) is 0 Å². The molecule has 1 amide bonds. The van der Waals surface area contributed by atoms with Gasteiger partial charge < -0.3 is 9.32 Å². The third-order valence-corrected chi connectivity index (χ3v) is 7.77. The number of amides is 1. The van der Waals surface area contributed by atoms with Gasteiger partial charge in [-0.3, -0.25) is 4.79 Å². The molecule has 2 atom stereocenters. The SMILES string of the molecule is C[C@H]1CCc2sc(-c3nnc(SCC(=O)N4c5ccccc5C[C@H]4C)o3)cc2C1. The summed E-state index contributed by atoms with van der Waals surface area (Å²) in [7, 11) is 0. The second kappa shape index (κ2) is 7.61. The first-order chi connectivity index (χ1) is 14.1. The van der Waals surface area contributed by atoms with Crippen LogP contribution in [0, 0.1) is 5.92 Å². The van der Waals surface area contributed by atoms with Gasteiger partial charge in [-0.25, -0.2) is 0 Å². The highest BCUT2D eigenvalue weighted by molar-refractivity contribution is 7.99. The van der Waals surface area contributed by atoms with Gasteiger partial charge in [0.15, 0.2) is 0 Å². The fourth-order valence-electron chi connectivity index (χ4n) is 4.32. The number of anilines is 1. The summed E-state index contributed by atoms with van der Waals surface area (Å²) in [5.74, 6) is 1.67. The molecule has 0 fully saturated rings. The first-order valence-corrected chi connectivity index (χ1v) is 11.9. The van der Waals surface area contributed by atoms with E-state index in [0.717, 1.165) is 35.7 Å². The third-order valence-electron chi connectivity index (χ3n) is 5.74. The Kier molecular flexibility index (Phi) is 4.95. The molecule has 3 aromatic rings. The van der Waals surface area contributed by atoms with Gasteiger partial charge in [-0.05, 0) is 61.8 Å². The Morgan fingerprint density at radius 3 is 3.00 bits per heavy atom. The predicted molar refractivity (Wildman–Crippen MR) is 117 cm³/mol. The number of thioether (sulfide) groups is 1. The van der Waals surface area contributed by atoms with Crippen molar-refractivity contribution in [1.29, 1.82) is 0 Å². The summed E-state index contributed by atoms with van der Waals surface area (Å²) in [6.45, 7) is 4.39. The molecule has 2 aromatic heterocycles. The van der Waals surface area contributed by atoms with Crippen molar-refractivity contribution in [2.75, 3.05) is 10.7 Å². The van der Waals surface area contributed by atoms with Gasteiger partial charge >= 0.3 is 0 Å². The van der Waals surface area contributed by atoms with Gasteiger partial charge in [-0.1, -0.05) is 36.9 Å². The van der Waals surface area contributed by atoms with Crippen LogP contribution in [0.5, 0.6) is 0 Å². The van der Waals surface area contributed by atoms with Crippen molar-refractivity contribution in [2.45, 2.75) is 50.8 Å². The molecule has 1 aliphatic carbocycles. The molecular weight excluding hydrogens is 402 g/mol. The van der Waals surface area contributed by atoms with E-state index in [1.54, 1.807) is 11.3 Å². The lowest BCUT2D eigenvalue weighted by Gasteiger charge is -2.22. The first kappa shape index (κ1) is 18.9. The van der Waals surface area contributed by atoms with Crippen molar-refractivity contribution < 1.29 is 9.21 Å². The molecule has 1 aliphatic heterocycles. The molecule has 0 saturated carbocycles. The molecule has 0 N–H and O–H groups in total. The van der Waals surface area contributed by atoms with E-state index in [4.69, 9.17) is 4.42 Å². The minimum atomic E-state index is 0.0766. The molecule has 0 spiro atoms. The zero-order valence-electron chi connectivity index (χ0n) is 16.6. The van der Waals surface area contributed by atoms with E-state index in [1.807, 2.05) is 23.1 Å². The molecular formula is C22H23N3O2S2. The van der Waals surface area contributed by atoms with E-state index in [1.165, 1.54) is 34.2 Å². The average Bonchev–Trinajstić information content (AvgIpc) is 3.41. The van der Waals surface area contributed by atoms with Crippen molar-refractivity contribution in [3.05, 3.63) is 46.3 Å². The van der Waals surface area contributed by atoms with Gasteiger partial charge in [0, 0.05) is 16.6 Å². The molecule has 5 nitrogen and oxygen atoms in total. The fraction of sp³-hybridized carbons (Fsp3) is 0.409. The number of aryl methyl sites for hydroxylation is 1. The highest BCUT2D eigenvalue weighted by atomic mass is 32.2. The summed E-state index contributed by atoms with van der Waals surface area (Å²) in [6, 6.07) is 10.5. The molecule has 1 aromatic carbocycles. The van der Waals surface area contributed by atoms with Crippen molar-refractivity contribution in [1.82, 2.24) is 10.2 Å². The van der Waals surface area contributed by atoms with Gasteiger partial charge in [-0.2, -0.15) is 0 Å². The Bertz CT molecular complexity index is 1060. The third kappa shape index (κ3) is 3.62. The Morgan fingerprint density at radius 1 is 1.24 bits per heavy atom. The highest BCUT2D eigenvalue weighted by Gasteiger charge is 2.30. The summed E-state index contributed by atoms with van der Waals surface area (Å²) < 4.78 is 5.86. The quantitative estimate of drug-likeness (QED) is 0.551. The van der Waals surface area contributed by atoms with Crippen molar-refractivity contribution in [2.24, 2.45) is 5.92 Å². The molecule has 0 radical (unpaired) electrons. The first-order valence-electron chi connectivity index (χ1n) is 10.1. The fourth-order valence-corrected chi connectivity index (χ4v) is 6.07. The predicted octanol–water partition coefficient (Wildman–Crippen LogP) is 4.99. The molecule has 0 unspecified atom stereocenters. The number of hydrogen-bond acceptors (Lipinski definition) is 6. The summed E-state index contributed by atoms with van der Waals surface area (Å²) in [5, 5.41) is 8.83. The minimum absolute atomic E-state index is 0.0766. The van der Waals surface area contributed by atoms with Gasteiger partial charge in [-0.15, -0.1) is 21.5 Å². The summed E-state index contributed by atoms with van der Waals surface area (Å²) in [6.07, 6.45) is 4.42. The molecule has 0 bridgehead atoms. The van der Waals surface area contributed by atoms with Crippen LogP contribution in [0.15, 0.2) is 40.0 Å². The number of rotatable bonds is 4. The molecule has 29 heavy (non-hydrogen) atoms. The lowest BCUT2D eigenvalue weighted by Crippen LogP contribution is -2.36. The van der Waals surface area contributed by atoms with E-state index in [-0.39, 0.29) is 11.9 Å². The van der Waals surface area contributed by atoms with Crippen LogP contribution in [0.4, 0.5) is 5.69 Å². The van der Waals surface area contributed by atoms with Gasteiger partial charge in [0.1, 0.15) is 0 Å². The second-order valence-corrected chi connectivity index (χ2v) is 10.1. The Hall–Kier alpha value is -2.12. The van der Waals surface area contributed by atoms with Crippen LogP contribution < -0.4 is 4.90 Å². The maximum Gasteiger partial charge on any atom is 0.277 e. The maximum absolute atomic E-state index is 12.8. The van der Waals surface area contributed by atoms with Gasteiger partial charge in [0.2, 0.25) is 5.91 Å². The zero-order chi connectivity index (χ0) is 20.0. The topological polar surface area (TPSA) is 59.2 Å². The Morgan fingerprint density at radius 2 is 2.10 bits per heavy atom. The number of thiophene rings is 1. The smallest absolute Gasteiger partial charge is 0.277 e. The van der Waals surface area contributed by atoms with Crippen LogP contribution in [0.2, 0.25) is 0 Å². The molecule has 3 heterocycles. The monoisotopic (exact) mass is 425 g/mol. The zero-order valence-corrected chi connectivity index (χ0v) is 18.2. The molecule has 5 rings (SSSR count). The number of fused-ring (bicyclic) bond motifs is 2. The average molecular weight is 426 g/mol. The highest BCUT2D eigenvalue weighted by Crippen LogP contribution is 2.37. The van der Waals surface area contributed by atoms with Crippen LogP contribution in [-0.2, 0) is 24.1 Å². The summed E-state index contributed by atoms with van der Waals surface area (Å²) >= 11 is 3.08. The number of aromatic nitrogens is 2. The summed E-state index contributed by atoms with van der Waals surface area (Å²) in [4.78, 5) is 17.2. The largest absolute Gasteiger partial charge is 0.410 e. The normalized spacial score (nSPS) is 20.6. The van der Waals surface area contributed by atoms with E-state index in [2.05, 4.69) is 36.2 Å². The van der Waals surface area contributed by atoms with E-state index in [9.17, 15) is 4.79 Å². The lowest BCUT2D eigenvalue weighted by molar-refractivity contribution is -0.116. The minimum Gasteiger partial charge on any atom is -0.410 e. The van der Waals surface area contributed by atoms with Gasteiger partial charge in [0.05, 0.1) is 10.6 Å². The number of nitrogens with zero attached hydrogens (tertiary/aromatic N) is 3. The number of carbonyl (C=O) groups is 1. The van der Waals surface area contributed by atoms with Crippen LogP contribution >= 0.6 is 23.1 Å². The number of benzene rings is 1. The Balaban J connectivity index is 1.26. The molecule has 7 heteroatoms. The van der Waals surface area contributed by atoms with Gasteiger partial charge in [0.25, 0.3) is 11.1 Å². The molecule has 2 aliphatic rings. The van der Waals surface area contributed by atoms with Crippen LogP contribution in [0.1, 0.15) is 36.3 Å². The molecule has 150 valence electrons.